The molecule has 5 nitrogen and oxygen atoms in total. The quantitative estimate of drug-likeness (QED) is 0.0762. The summed E-state index contributed by atoms with van der Waals surface area (Å²) in [6.07, 6.45) is 31.2. The highest BCUT2D eigenvalue weighted by molar-refractivity contribution is 7.75. The third kappa shape index (κ3) is 31.9. The first-order valence-electron chi connectivity index (χ1n) is 13.1. The predicted octanol–water partition coefficient (Wildman–Crippen LogP) is 9.53. The summed E-state index contributed by atoms with van der Waals surface area (Å²) >= 11 is 0. The van der Waals surface area contributed by atoms with Gasteiger partial charge in [0.05, 0.1) is 18.5 Å². The lowest BCUT2D eigenvalue weighted by Gasteiger charge is -2.24. The Kier molecular flexibility index (Phi) is 31.4. The average Bonchev–Trinajstić information content (AvgIpc) is 2.70. The maximum absolute atomic E-state index is 8.36. The molecule has 6 heteroatoms. The zero-order valence-electron chi connectivity index (χ0n) is 21.7. The van der Waals surface area contributed by atoms with Gasteiger partial charge in [0, 0.05) is 13.9 Å². The van der Waals surface area contributed by atoms with E-state index in [1.54, 1.807) is 18.5 Å². The van der Waals surface area contributed by atoms with Crippen LogP contribution < -0.4 is 6.15 Å². The molecule has 0 spiro atoms. The molecule has 31 heavy (non-hydrogen) atoms. The van der Waals surface area contributed by atoms with Gasteiger partial charge in [-0.1, -0.05) is 97.8 Å². The van der Waals surface area contributed by atoms with Crippen molar-refractivity contribution >= 4 is 7.26 Å². The zero-order valence-corrected chi connectivity index (χ0v) is 22.6. The second-order valence-corrected chi connectivity index (χ2v) is 13.9. The summed E-state index contributed by atoms with van der Waals surface area (Å²) < 4.78 is 0. The van der Waals surface area contributed by atoms with Gasteiger partial charge in [0.25, 0.3) is 5.09 Å². The van der Waals surface area contributed by atoms with Crippen molar-refractivity contribution < 1.29 is 10.3 Å². The van der Waals surface area contributed by atoms with E-state index in [0.29, 0.717) is 0 Å². The smallest absolute Gasteiger partial charge is 0.291 e. The van der Waals surface area contributed by atoms with Crippen LogP contribution in [-0.4, -0.2) is 35.4 Å². The van der Waals surface area contributed by atoms with Crippen LogP contribution in [0, 0.1) is 10.1 Å². The Balaban J connectivity index is -0.00000143. The van der Waals surface area contributed by atoms with Gasteiger partial charge in [-0.2, -0.15) is 0 Å². The molecule has 0 aliphatic carbocycles. The van der Waals surface area contributed by atoms with Crippen LogP contribution in [0.3, 0.4) is 0 Å². The van der Waals surface area contributed by atoms with Gasteiger partial charge in [0.15, 0.2) is 0 Å². The van der Waals surface area contributed by atoms with Crippen molar-refractivity contribution in [2.45, 2.75) is 136 Å². The Morgan fingerprint density at radius 2 is 0.774 bits per heavy atom. The highest BCUT2D eigenvalue weighted by Crippen LogP contribution is 2.57. The van der Waals surface area contributed by atoms with Gasteiger partial charge in [-0.15, -0.1) is 10.1 Å². The topological polar surface area (TPSA) is 98.4 Å². The summed E-state index contributed by atoms with van der Waals surface area (Å²) in [7, 11) is -0.636. The monoisotopic (exact) mass is 465 g/mol. The summed E-state index contributed by atoms with van der Waals surface area (Å²) in [6, 6.07) is 0. The van der Waals surface area contributed by atoms with E-state index in [1.807, 2.05) is 0 Å². The molecule has 0 aromatic heterocycles. The van der Waals surface area contributed by atoms with Gasteiger partial charge in [0.1, 0.15) is 0 Å². The van der Waals surface area contributed by atoms with Crippen molar-refractivity contribution in [1.82, 2.24) is 6.15 Å². The fraction of sp³-hybridized carbons (Fsp3) is 1.00. The van der Waals surface area contributed by atoms with Gasteiger partial charge in [-0.25, -0.2) is 0 Å². The third-order valence-corrected chi connectivity index (χ3v) is 10.3. The van der Waals surface area contributed by atoms with Crippen LogP contribution in [0.4, 0.5) is 0 Å². The highest BCUT2D eigenvalue weighted by Gasteiger charge is 2.29. The molecular weight excluding hydrogens is 407 g/mol. The fourth-order valence-corrected chi connectivity index (χ4v) is 7.79. The summed E-state index contributed by atoms with van der Waals surface area (Å²) in [6.45, 7) is 9.70. The van der Waals surface area contributed by atoms with Crippen molar-refractivity contribution in [3.05, 3.63) is 10.1 Å². The first-order chi connectivity index (χ1) is 14.4. The molecule has 0 rings (SSSR count). The molecule has 0 atom stereocenters. The normalized spacial score (nSPS) is 10.8. The molecule has 0 aliphatic heterocycles. The Hall–Kier alpha value is -0.410. The van der Waals surface area contributed by atoms with E-state index >= 15 is 0 Å². The second kappa shape index (κ2) is 27.6. The van der Waals surface area contributed by atoms with Gasteiger partial charge in [0.2, 0.25) is 0 Å². The van der Waals surface area contributed by atoms with Crippen LogP contribution in [-0.2, 0) is 0 Å². The third-order valence-electron chi connectivity index (χ3n) is 6.15. The fourth-order valence-electron chi connectivity index (χ4n) is 4.16. The molecule has 0 fully saturated rings. The van der Waals surface area contributed by atoms with Crippen LogP contribution in [0.1, 0.15) is 136 Å². The van der Waals surface area contributed by atoms with Crippen molar-refractivity contribution in [2.24, 2.45) is 0 Å². The maximum Gasteiger partial charge on any atom is 0.291 e. The largest absolute Gasteiger partial charge is 0.344 e. The minimum Gasteiger partial charge on any atom is -0.344 e. The van der Waals surface area contributed by atoms with Crippen LogP contribution >= 0.6 is 7.26 Å². The van der Waals surface area contributed by atoms with Crippen LogP contribution in [0.2, 0.25) is 0 Å². The molecule has 0 aromatic carbocycles. The first-order valence-corrected chi connectivity index (χ1v) is 15.9. The van der Waals surface area contributed by atoms with Gasteiger partial charge in [-0.3, -0.25) is 0 Å². The second-order valence-electron chi connectivity index (χ2n) is 9.33. The Bertz CT molecular complexity index is 313. The Morgan fingerprint density at radius 1 is 0.581 bits per heavy atom. The lowest BCUT2D eigenvalue weighted by atomic mass is 10.1. The van der Waals surface area contributed by atoms with Crippen molar-refractivity contribution in [1.29, 1.82) is 0 Å². The van der Waals surface area contributed by atoms with Crippen LogP contribution in [0.25, 0.3) is 0 Å². The molecule has 0 saturated heterocycles. The number of nitrogens with zero attached hydrogens (tertiary/aromatic N) is 1. The first kappa shape index (κ1) is 35.2. The molecule has 0 radical (unpaired) electrons. The van der Waals surface area contributed by atoms with Gasteiger partial charge < -0.3 is 11.4 Å². The summed E-state index contributed by atoms with van der Waals surface area (Å²) in [5.74, 6) is 0. The van der Waals surface area contributed by atoms with E-state index in [2.05, 4.69) is 27.4 Å². The van der Waals surface area contributed by atoms with E-state index in [-0.39, 0.29) is 6.15 Å². The molecular formula is C25H58N2O3P+. The van der Waals surface area contributed by atoms with Crippen molar-refractivity contribution in [3.8, 4) is 0 Å². The van der Waals surface area contributed by atoms with E-state index in [0.717, 1.165) is 0 Å². The number of hydrogen-bond acceptors (Lipinski definition) is 3. The SMILES string of the molecule is CCCCCCCC[P+](C)(CCCCCCCC)CCCCCCCC.N.O=[N+]([O-])O. The summed E-state index contributed by atoms with van der Waals surface area (Å²) in [5.41, 5.74) is 0. The highest BCUT2D eigenvalue weighted by atomic mass is 31.2. The molecule has 0 bridgehead atoms. The van der Waals surface area contributed by atoms with E-state index in [9.17, 15) is 0 Å². The molecule has 0 saturated carbocycles. The Morgan fingerprint density at radius 3 is 1.00 bits per heavy atom. The molecule has 190 valence electrons. The van der Waals surface area contributed by atoms with Crippen molar-refractivity contribution in [3.63, 3.8) is 0 Å². The standard InChI is InChI=1S/C25H54P.HNO3.H3N/c1-5-8-11-14-17-20-23-26(4,24-21-18-15-12-9-6-2)25-22-19-16-13-10-7-3;2-1(3)4;/h5-25H2,1-4H3;(H,2,3,4);1H3/q+1;;. The molecule has 0 unspecified atom stereocenters. The average molecular weight is 466 g/mol. The molecule has 0 aromatic rings. The minimum absolute atomic E-state index is 0. The van der Waals surface area contributed by atoms with E-state index in [1.165, 1.54) is 116 Å². The zero-order chi connectivity index (χ0) is 22.9. The van der Waals surface area contributed by atoms with Gasteiger partial charge in [-0.05, 0) is 38.5 Å². The van der Waals surface area contributed by atoms with E-state index in [4.69, 9.17) is 15.3 Å². The molecule has 0 aliphatic rings. The lowest BCUT2D eigenvalue weighted by molar-refractivity contribution is -0.742. The molecule has 4 N–H and O–H groups in total. The number of rotatable bonds is 21. The molecule has 0 heterocycles. The summed E-state index contributed by atoms with van der Waals surface area (Å²) in [4.78, 5) is 8.36. The van der Waals surface area contributed by atoms with Crippen LogP contribution in [0.15, 0.2) is 0 Å². The van der Waals surface area contributed by atoms with Gasteiger partial charge >= 0.3 is 0 Å². The number of unbranched alkanes of at least 4 members (excludes halogenated alkanes) is 15. The minimum atomic E-state index is -1.50. The maximum atomic E-state index is 8.36. The van der Waals surface area contributed by atoms with Crippen LogP contribution in [0.5, 0.6) is 0 Å². The Labute approximate surface area is 195 Å². The number of hydrogen-bond donors (Lipinski definition) is 2. The summed E-state index contributed by atoms with van der Waals surface area (Å²) in [5, 5.41) is 13.6. The lowest BCUT2D eigenvalue weighted by Crippen LogP contribution is -2.08. The predicted molar refractivity (Wildman–Crippen MR) is 141 cm³/mol. The van der Waals surface area contributed by atoms with E-state index < -0.39 is 12.3 Å². The van der Waals surface area contributed by atoms with Crippen molar-refractivity contribution in [2.75, 3.05) is 25.2 Å². The molecule has 0 amide bonds.